The van der Waals surface area contributed by atoms with Crippen LogP contribution in [0, 0.1) is 5.92 Å². The van der Waals surface area contributed by atoms with Gasteiger partial charge >= 0.3 is 11.9 Å². The Morgan fingerprint density at radius 1 is 1.00 bits per heavy atom. The van der Waals surface area contributed by atoms with Crippen molar-refractivity contribution in [3.05, 3.63) is 11.1 Å². The number of aliphatic carboxylic acids is 2. The normalized spacial score (nSPS) is 12.5. The summed E-state index contributed by atoms with van der Waals surface area (Å²) < 4.78 is 0. The molecule has 0 aliphatic rings. The summed E-state index contributed by atoms with van der Waals surface area (Å²) in [6.45, 7) is 5.65. The molecule has 0 radical (unpaired) electrons. The minimum atomic E-state index is -1.15. The molecule has 0 atom stereocenters. The summed E-state index contributed by atoms with van der Waals surface area (Å²) in [5.41, 5.74) is -0.0246. The molecule has 98 valence electrons. The summed E-state index contributed by atoms with van der Waals surface area (Å²) in [6, 6.07) is 0. The van der Waals surface area contributed by atoms with Gasteiger partial charge in [0.1, 0.15) is 0 Å². The van der Waals surface area contributed by atoms with Gasteiger partial charge in [0.2, 0.25) is 0 Å². The van der Waals surface area contributed by atoms with Gasteiger partial charge in [0.05, 0.1) is 0 Å². The van der Waals surface area contributed by atoms with Crippen LogP contribution in [0.5, 0.6) is 0 Å². The molecule has 0 saturated heterocycles. The second-order valence-electron chi connectivity index (χ2n) is 4.71. The molecule has 0 aromatic heterocycles. The average molecular weight is 242 g/mol. The molecular weight excluding hydrogens is 220 g/mol. The summed E-state index contributed by atoms with van der Waals surface area (Å²) in [5.74, 6) is -1.61. The third kappa shape index (κ3) is 6.76. The van der Waals surface area contributed by atoms with Crippen molar-refractivity contribution in [2.75, 3.05) is 0 Å². The topological polar surface area (TPSA) is 74.6 Å². The molecule has 0 unspecified atom stereocenters. The quantitative estimate of drug-likeness (QED) is 0.506. The Morgan fingerprint density at radius 2 is 1.59 bits per heavy atom. The van der Waals surface area contributed by atoms with Crippen LogP contribution in [0.4, 0.5) is 0 Å². The summed E-state index contributed by atoms with van der Waals surface area (Å²) in [7, 11) is 0. The zero-order chi connectivity index (χ0) is 13.4. The standard InChI is InChI=1S/C13H22O4/c1-9(2)7-5-4-6-8-11(13(16)17)10(3)12(14)15/h9H,4-8H2,1-3H3,(H,14,15)(H,16,17)/b11-10-. The highest BCUT2D eigenvalue weighted by atomic mass is 16.4. The molecule has 0 aromatic rings. The van der Waals surface area contributed by atoms with E-state index in [1.165, 1.54) is 6.92 Å². The second-order valence-corrected chi connectivity index (χ2v) is 4.71. The fourth-order valence-corrected chi connectivity index (χ4v) is 1.62. The maximum Gasteiger partial charge on any atom is 0.332 e. The first-order chi connectivity index (χ1) is 7.86. The average Bonchev–Trinajstić information content (AvgIpc) is 2.21. The van der Waals surface area contributed by atoms with Crippen molar-refractivity contribution in [1.82, 2.24) is 0 Å². The van der Waals surface area contributed by atoms with E-state index in [0.717, 1.165) is 25.7 Å². The molecule has 4 nitrogen and oxygen atoms in total. The van der Waals surface area contributed by atoms with Crippen LogP contribution in [0.3, 0.4) is 0 Å². The largest absolute Gasteiger partial charge is 0.478 e. The first-order valence-electron chi connectivity index (χ1n) is 6.02. The number of rotatable bonds is 8. The first kappa shape index (κ1) is 15.7. The van der Waals surface area contributed by atoms with Crippen LogP contribution < -0.4 is 0 Å². The lowest BCUT2D eigenvalue weighted by molar-refractivity contribution is -0.136. The van der Waals surface area contributed by atoms with Crippen molar-refractivity contribution >= 4 is 11.9 Å². The van der Waals surface area contributed by atoms with Crippen LogP contribution in [0.1, 0.15) is 52.9 Å². The molecule has 0 spiro atoms. The van der Waals surface area contributed by atoms with Crippen LogP contribution in [0.15, 0.2) is 11.1 Å². The fraction of sp³-hybridized carbons (Fsp3) is 0.692. The molecule has 0 amide bonds. The Labute approximate surface area is 102 Å². The molecule has 0 aliphatic heterocycles. The van der Waals surface area contributed by atoms with Gasteiger partial charge in [-0.05, 0) is 25.7 Å². The molecule has 0 saturated carbocycles. The number of hydrogen-bond donors (Lipinski definition) is 2. The zero-order valence-electron chi connectivity index (χ0n) is 10.8. The minimum absolute atomic E-state index is 0.0297. The lowest BCUT2D eigenvalue weighted by atomic mass is 10.00. The summed E-state index contributed by atoms with van der Waals surface area (Å²) in [6.07, 6.45) is 4.22. The second kappa shape index (κ2) is 7.87. The number of carbonyl (C=O) groups is 2. The number of carboxylic acid groups (broad SMARTS) is 2. The van der Waals surface area contributed by atoms with Gasteiger partial charge in [-0.1, -0.05) is 33.1 Å². The van der Waals surface area contributed by atoms with Crippen LogP contribution in [-0.2, 0) is 9.59 Å². The van der Waals surface area contributed by atoms with E-state index in [2.05, 4.69) is 13.8 Å². The number of hydrogen-bond acceptors (Lipinski definition) is 2. The van der Waals surface area contributed by atoms with Gasteiger partial charge in [-0.25, -0.2) is 9.59 Å². The molecule has 0 rings (SSSR count). The van der Waals surface area contributed by atoms with Crippen molar-refractivity contribution in [2.24, 2.45) is 5.92 Å². The van der Waals surface area contributed by atoms with Crippen molar-refractivity contribution in [3.63, 3.8) is 0 Å². The van der Waals surface area contributed by atoms with E-state index in [-0.39, 0.29) is 11.1 Å². The lowest BCUT2D eigenvalue weighted by Gasteiger charge is -2.06. The van der Waals surface area contributed by atoms with Crippen molar-refractivity contribution in [1.29, 1.82) is 0 Å². The molecule has 0 bridgehead atoms. The third-order valence-corrected chi connectivity index (χ3v) is 2.74. The molecule has 17 heavy (non-hydrogen) atoms. The van der Waals surface area contributed by atoms with Gasteiger partial charge in [0, 0.05) is 11.1 Å². The van der Waals surface area contributed by atoms with Crippen molar-refractivity contribution in [2.45, 2.75) is 52.9 Å². The van der Waals surface area contributed by atoms with Crippen molar-refractivity contribution < 1.29 is 19.8 Å². The third-order valence-electron chi connectivity index (χ3n) is 2.74. The van der Waals surface area contributed by atoms with E-state index in [4.69, 9.17) is 10.2 Å². The first-order valence-corrected chi connectivity index (χ1v) is 6.02. The summed E-state index contributed by atoms with van der Waals surface area (Å²) in [4.78, 5) is 21.6. The van der Waals surface area contributed by atoms with E-state index in [1.807, 2.05) is 0 Å². The highest BCUT2D eigenvalue weighted by molar-refractivity contribution is 5.98. The Balaban J connectivity index is 4.18. The van der Waals surface area contributed by atoms with Gasteiger partial charge < -0.3 is 10.2 Å². The van der Waals surface area contributed by atoms with Crippen LogP contribution in [-0.4, -0.2) is 22.2 Å². The number of unbranched alkanes of at least 4 members (excludes halogenated alkanes) is 2. The molecule has 0 fully saturated rings. The molecular formula is C13H22O4. The van der Waals surface area contributed by atoms with E-state index in [1.54, 1.807) is 0 Å². The van der Waals surface area contributed by atoms with Gasteiger partial charge in [0.25, 0.3) is 0 Å². The van der Waals surface area contributed by atoms with Gasteiger partial charge in [-0.3, -0.25) is 0 Å². The minimum Gasteiger partial charge on any atom is -0.478 e. The van der Waals surface area contributed by atoms with E-state index in [9.17, 15) is 9.59 Å². The smallest absolute Gasteiger partial charge is 0.332 e. The van der Waals surface area contributed by atoms with E-state index >= 15 is 0 Å². The van der Waals surface area contributed by atoms with Crippen LogP contribution in [0.2, 0.25) is 0 Å². The van der Waals surface area contributed by atoms with Crippen LogP contribution in [0.25, 0.3) is 0 Å². The van der Waals surface area contributed by atoms with E-state index in [0.29, 0.717) is 12.3 Å². The summed E-state index contributed by atoms with van der Waals surface area (Å²) >= 11 is 0. The molecule has 0 aromatic carbocycles. The van der Waals surface area contributed by atoms with E-state index < -0.39 is 11.9 Å². The molecule has 0 heterocycles. The van der Waals surface area contributed by atoms with Crippen LogP contribution >= 0.6 is 0 Å². The Morgan fingerprint density at radius 3 is 2.00 bits per heavy atom. The monoisotopic (exact) mass is 242 g/mol. The Hall–Kier alpha value is -1.32. The Bertz CT molecular complexity index is 303. The van der Waals surface area contributed by atoms with Gasteiger partial charge in [-0.2, -0.15) is 0 Å². The predicted molar refractivity (Wildman–Crippen MR) is 65.9 cm³/mol. The number of carboxylic acids is 2. The van der Waals surface area contributed by atoms with Gasteiger partial charge in [0.15, 0.2) is 0 Å². The van der Waals surface area contributed by atoms with Crippen molar-refractivity contribution in [3.8, 4) is 0 Å². The summed E-state index contributed by atoms with van der Waals surface area (Å²) in [5, 5.41) is 17.7. The predicted octanol–water partition coefficient (Wildman–Crippen LogP) is 3.08. The van der Waals surface area contributed by atoms with Gasteiger partial charge in [-0.15, -0.1) is 0 Å². The Kier molecular flexibility index (Phi) is 7.26. The molecule has 2 N–H and O–H groups in total. The lowest BCUT2D eigenvalue weighted by Crippen LogP contribution is -2.09. The molecule has 4 heteroatoms. The highest BCUT2D eigenvalue weighted by Gasteiger charge is 2.15. The zero-order valence-corrected chi connectivity index (χ0v) is 10.8. The maximum atomic E-state index is 10.9. The fourth-order valence-electron chi connectivity index (χ4n) is 1.62. The highest BCUT2D eigenvalue weighted by Crippen LogP contribution is 2.16. The SMILES string of the molecule is C/C(C(=O)O)=C(\CCCCCC(C)C)C(=O)O. The molecule has 0 aliphatic carbocycles. The maximum absolute atomic E-state index is 10.9.